The minimum atomic E-state index is -0.579. The van der Waals surface area contributed by atoms with Gasteiger partial charge in [0.1, 0.15) is 18.2 Å². The first-order chi connectivity index (χ1) is 9.09. The lowest BCUT2D eigenvalue weighted by Crippen LogP contribution is -2.04. The minimum absolute atomic E-state index is 0.0328. The fraction of sp³-hybridized carbons (Fsp3) is 0.133. The van der Waals surface area contributed by atoms with Crippen molar-refractivity contribution in [3.63, 3.8) is 0 Å². The van der Waals surface area contributed by atoms with Gasteiger partial charge in [-0.2, -0.15) is 0 Å². The van der Waals surface area contributed by atoms with E-state index in [2.05, 4.69) is 0 Å². The Morgan fingerprint density at radius 3 is 2.63 bits per heavy atom. The number of ketones is 1. The third-order valence-corrected chi connectivity index (χ3v) is 3.04. The molecule has 0 aliphatic heterocycles. The van der Waals surface area contributed by atoms with Crippen LogP contribution in [-0.4, -0.2) is 5.78 Å². The molecule has 0 aliphatic rings. The summed E-state index contributed by atoms with van der Waals surface area (Å²) >= 11 is 6.00. The highest BCUT2D eigenvalue weighted by Crippen LogP contribution is 2.24. The number of benzene rings is 2. The first kappa shape index (κ1) is 13.6. The Balaban J connectivity index is 2.23. The summed E-state index contributed by atoms with van der Waals surface area (Å²) in [6.45, 7) is 1.49. The van der Waals surface area contributed by atoms with Crippen molar-refractivity contribution in [1.29, 1.82) is 0 Å². The second-order valence-corrected chi connectivity index (χ2v) is 4.46. The first-order valence-corrected chi connectivity index (χ1v) is 6.13. The van der Waals surface area contributed by atoms with Gasteiger partial charge in [-0.1, -0.05) is 35.9 Å². The molecule has 2 rings (SSSR count). The maximum Gasteiger partial charge on any atom is 0.166 e. The minimum Gasteiger partial charge on any atom is -0.488 e. The number of rotatable bonds is 4. The monoisotopic (exact) mass is 278 g/mol. The maximum absolute atomic E-state index is 13.6. The lowest BCUT2D eigenvalue weighted by atomic mass is 10.1. The van der Waals surface area contributed by atoms with Crippen molar-refractivity contribution in [2.75, 3.05) is 0 Å². The van der Waals surface area contributed by atoms with E-state index in [0.29, 0.717) is 5.02 Å². The van der Waals surface area contributed by atoms with E-state index in [1.807, 2.05) is 18.2 Å². The van der Waals surface area contributed by atoms with Gasteiger partial charge in [0.05, 0.1) is 5.56 Å². The number of hydrogen-bond donors (Lipinski definition) is 0. The molecule has 0 radical (unpaired) electrons. The molecule has 0 saturated heterocycles. The van der Waals surface area contributed by atoms with Crippen LogP contribution in [0.2, 0.25) is 5.02 Å². The van der Waals surface area contributed by atoms with Crippen LogP contribution in [-0.2, 0) is 6.61 Å². The van der Waals surface area contributed by atoms with Crippen LogP contribution in [0, 0.1) is 5.82 Å². The molecule has 0 aromatic heterocycles. The topological polar surface area (TPSA) is 26.3 Å². The van der Waals surface area contributed by atoms with Crippen LogP contribution >= 0.6 is 11.6 Å². The van der Waals surface area contributed by atoms with Gasteiger partial charge in [0.15, 0.2) is 5.78 Å². The van der Waals surface area contributed by atoms with Gasteiger partial charge in [0, 0.05) is 10.6 Å². The van der Waals surface area contributed by atoms with E-state index in [4.69, 9.17) is 16.3 Å². The fourth-order valence-corrected chi connectivity index (χ4v) is 1.93. The summed E-state index contributed by atoms with van der Waals surface area (Å²) in [5.74, 6) is -0.719. The molecule has 19 heavy (non-hydrogen) atoms. The molecule has 0 N–H and O–H groups in total. The van der Waals surface area contributed by atoms with E-state index < -0.39 is 5.82 Å². The van der Waals surface area contributed by atoms with Crippen molar-refractivity contribution in [2.45, 2.75) is 13.5 Å². The molecule has 4 heteroatoms. The van der Waals surface area contributed by atoms with Crippen LogP contribution in [0.15, 0.2) is 42.5 Å². The highest BCUT2D eigenvalue weighted by molar-refractivity contribution is 6.31. The standard InChI is InChI=1S/C15H12ClFO2/c1-10(18)15-13(17)7-4-8-14(15)19-9-11-5-2-3-6-12(11)16/h2-8H,9H2,1H3. The fourth-order valence-electron chi connectivity index (χ4n) is 1.74. The molecule has 0 unspecified atom stereocenters. The third kappa shape index (κ3) is 3.12. The molecule has 2 aromatic rings. The lowest BCUT2D eigenvalue weighted by Gasteiger charge is -2.11. The van der Waals surface area contributed by atoms with Crippen LogP contribution < -0.4 is 4.74 Å². The van der Waals surface area contributed by atoms with Crippen LogP contribution in [0.1, 0.15) is 22.8 Å². The number of carbonyl (C=O) groups is 1. The molecule has 0 spiro atoms. The summed E-state index contributed by atoms with van der Waals surface area (Å²) in [5, 5.41) is 0.572. The average Bonchev–Trinajstić information content (AvgIpc) is 2.37. The molecule has 0 aliphatic carbocycles. The highest BCUT2D eigenvalue weighted by Gasteiger charge is 2.14. The van der Waals surface area contributed by atoms with Crippen molar-refractivity contribution >= 4 is 17.4 Å². The molecule has 0 bridgehead atoms. The van der Waals surface area contributed by atoms with E-state index >= 15 is 0 Å². The van der Waals surface area contributed by atoms with Crippen molar-refractivity contribution in [3.05, 3.63) is 64.4 Å². The van der Waals surface area contributed by atoms with Gasteiger partial charge in [-0.25, -0.2) is 4.39 Å². The second-order valence-electron chi connectivity index (χ2n) is 4.05. The molecule has 0 amide bonds. The summed E-state index contributed by atoms with van der Waals surface area (Å²) in [4.78, 5) is 11.4. The molecule has 2 aromatic carbocycles. The van der Waals surface area contributed by atoms with Gasteiger partial charge in [-0.05, 0) is 25.1 Å². The van der Waals surface area contributed by atoms with Crippen molar-refractivity contribution in [3.8, 4) is 5.75 Å². The predicted octanol–water partition coefficient (Wildman–Crippen LogP) is 4.26. The molecule has 0 saturated carbocycles. The van der Waals surface area contributed by atoms with Gasteiger partial charge >= 0.3 is 0 Å². The van der Waals surface area contributed by atoms with Gasteiger partial charge in [0.2, 0.25) is 0 Å². The molecule has 0 heterocycles. The Hall–Kier alpha value is -1.87. The highest BCUT2D eigenvalue weighted by atomic mass is 35.5. The molecule has 98 valence electrons. The first-order valence-electron chi connectivity index (χ1n) is 5.75. The van der Waals surface area contributed by atoms with E-state index in [-0.39, 0.29) is 23.7 Å². The van der Waals surface area contributed by atoms with Crippen LogP contribution in [0.3, 0.4) is 0 Å². The summed E-state index contributed by atoms with van der Waals surface area (Å²) < 4.78 is 19.1. The number of hydrogen-bond acceptors (Lipinski definition) is 2. The zero-order valence-electron chi connectivity index (χ0n) is 10.3. The Morgan fingerprint density at radius 1 is 1.21 bits per heavy atom. The summed E-state index contributed by atoms with van der Waals surface area (Å²) in [5.41, 5.74) is 0.748. The molecule has 2 nitrogen and oxygen atoms in total. The van der Waals surface area contributed by atoms with Gasteiger partial charge in [0.25, 0.3) is 0 Å². The number of Topliss-reactive ketones (excluding diaryl/α,β-unsaturated/α-hetero) is 1. The smallest absolute Gasteiger partial charge is 0.166 e. The van der Waals surface area contributed by atoms with Crippen molar-refractivity contribution in [2.24, 2.45) is 0 Å². The largest absolute Gasteiger partial charge is 0.488 e. The lowest BCUT2D eigenvalue weighted by molar-refractivity contribution is 0.100. The third-order valence-electron chi connectivity index (χ3n) is 2.67. The molecular formula is C15H12ClFO2. The SMILES string of the molecule is CC(=O)c1c(F)cccc1OCc1ccccc1Cl. The van der Waals surface area contributed by atoms with E-state index in [0.717, 1.165) is 5.56 Å². The maximum atomic E-state index is 13.6. The summed E-state index contributed by atoms with van der Waals surface area (Å²) in [6, 6.07) is 11.5. The van der Waals surface area contributed by atoms with Crippen LogP contribution in [0.4, 0.5) is 4.39 Å². The number of carbonyl (C=O) groups excluding carboxylic acids is 1. The Kier molecular flexibility index (Phi) is 4.17. The molecule has 0 fully saturated rings. The van der Waals surface area contributed by atoms with E-state index in [1.165, 1.54) is 19.1 Å². The molecular weight excluding hydrogens is 267 g/mol. The quantitative estimate of drug-likeness (QED) is 0.781. The summed E-state index contributed by atoms with van der Waals surface area (Å²) in [7, 11) is 0. The van der Waals surface area contributed by atoms with Crippen molar-refractivity contribution < 1.29 is 13.9 Å². The average molecular weight is 279 g/mol. The number of ether oxygens (including phenoxy) is 1. The Morgan fingerprint density at radius 2 is 1.95 bits per heavy atom. The van der Waals surface area contributed by atoms with E-state index in [1.54, 1.807) is 12.1 Å². The summed E-state index contributed by atoms with van der Waals surface area (Å²) in [6.07, 6.45) is 0. The van der Waals surface area contributed by atoms with E-state index in [9.17, 15) is 9.18 Å². The van der Waals surface area contributed by atoms with Crippen LogP contribution in [0.25, 0.3) is 0 Å². The number of halogens is 2. The normalized spacial score (nSPS) is 10.3. The predicted molar refractivity (Wildman–Crippen MR) is 72.2 cm³/mol. The zero-order chi connectivity index (χ0) is 13.8. The van der Waals surface area contributed by atoms with Crippen LogP contribution in [0.5, 0.6) is 5.75 Å². The van der Waals surface area contributed by atoms with Gasteiger partial charge in [-0.15, -0.1) is 0 Å². The molecule has 0 atom stereocenters. The second kappa shape index (κ2) is 5.85. The Bertz CT molecular complexity index is 611. The zero-order valence-corrected chi connectivity index (χ0v) is 11.1. The van der Waals surface area contributed by atoms with Gasteiger partial charge in [-0.3, -0.25) is 4.79 Å². The van der Waals surface area contributed by atoms with Crippen molar-refractivity contribution in [1.82, 2.24) is 0 Å². The van der Waals surface area contributed by atoms with Gasteiger partial charge < -0.3 is 4.74 Å². The Labute approximate surface area is 115 Å².